The number of oxazole rings is 1. The van der Waals surface area contributed by atoms with Crippen molar-refractivity contribution in [2.75, 3.05) is 50.0 Å². The number of anilines is 2. The molecule has 0 amide bonds. The van der Waals surface area contributed by atoms with Gasteiger partial charge in [-0.3, -0.25) is 9.88 Å². The van der Waals surface area contributed by atoms with Gasteiger partial charge in [-0.1, -0.05) is 19.9 Å². The molecule has 2 fully saturated rings. The minimum Gasteiger partial charge on any atom is -0.424 e. The average Bonchev–Trinajstić information content (AvgIpc) is 3.18. The molecule has 0 bridgehead atoms. The predicted molar refractivity (Wildman–Crippen MR) is 131 cm³/mol. The second-order valence-electron chi connectivity index (χ2n) is 8.33. The van der Waals surface area contributed by atoms with Crippen molar-refractivity contribution < 1.29 is 9.15 Å². The molecule has 172 valence electrons. The zero-order valence-electron chi connectivity index (χ0n) is 19.4. The molecule has 2 aliphatic rings. The minimum atomic E-state index is 0.186. The summed E-state index contributed by atoms with van der Waals surface area (Å²) in [5, 5.41) is 0. The first-order chi connectivity index (χ1) is 16.1. The maximum Gasteiger partial charge on any atom is 0.292 e. The Morgan fingerprint density at radius 3 is 2.55 bits per heavy atom. The van der Waals surface area contributed by atoms with Gasteiger partial charge in [0, 0.05) is 32.2 Å². The molecule has 33 heavy (non-hydrogen) atoms. The van der Waals surface area contributed by atoms with Gasteiger partial charge < -0.3 is 19.8 Å². The first-order valence-corrected chi connectivity index (χ1v) is 11.6. The first kappa shape index (κ1) is 21.6. The molecule has 2 aromatic carbocycles. The van der Waals surface area contributed by atoms with E-state index in [0.29, 0.717) is 11.6 Å². The summed E-state index contributed by atoms with van der Waals surface area (Å²) in [7, 11) is 0. The maximum absolute atomic E-state index is 5.71. The van der Waals surface area contributed by atoms with Crippen LogP contribution in [0.25, 0.3) is 33.3 Å². The standard InChI is InChI=1S/C23H24N6O2.C2H6/c1-14-8-21-20(27-23(24)31-21)10-17(14)15-2-3-18-19(9-15)26-22(11-25-18)29-12-16(13-29)28-4-6-30-7-5-28;1-2/h2-3,8-11,16H,4-7,12-13H2,1H3,(H2,24,27);1-2H3. The highest BCUT2D eigenvalue weighted by molar-refractivity contribution is 5.87. The predicted octanol–water partition coefficient (Wildman–Crippen LogP) is 3.88. The molecule has 4 heterocycles. The van der Waals surface area contributed by atoms with Gasteiger partial charge in [0.05, 0.1) is 30.4 Å². The van der Waals surface area contributed by atoms with E-state index in [9.17, 15) is 0 Å². The first-order valence-electron chi connectivity index (χ1n) is 11.6. The minimum absolute atomic E-state index is 0.186. The van der Waals surface area contributed by atoms with Crippen LogP contribution in [0.3, 0.4) is 0 Å². The van der Waals surface area contributed by atoms with Crippen LogP contribution in [0.4, 0.5) is 11.8 Å². The lowest BCUT2D eigenvalue weighted by Crippen LogP contribution is -2.61. The van der Waals surface area contributed by atoms with E-state index in [1.807, 2.05) is 38.2 Å². The van der Waals surface area contributed by atoms with E-state index in [2.05, 4.69) is 38.8 Å². The summed E-state index contributed by atoms with van der Waals surface area (Å²) in [5.74, 6) is 0.936. The van der Waals surface area contributed by atoms with Crippen LogP contribution < -0.4 is 10.6 Å². The molecule has 6 rings (SSSR count). The zero-order valence-corrected chi connectivity index (χ0v) is 19.4. The Balaban J connectivity index is 0.00000111. The fourth-order valence-electron chi connectivity index (χ4n) is 4.54. The number of hydrogen-bond donors (Lipinski definition) is 1. The molecule has 0 radical (unpaired) electrons. The fraction of sp³-hybridized carbons (Fsp3) is 0.400. The Bertz CT molecular complexity index is 1270. The van der Waals surface area contributed by atoms with E-state index in [0.717, 1.165) is 78.5 Å². The number of aromatic nitrogens is 3. The lowest BCUT2D eigenvalue weighted by molar-refractivity contribution is 0.0104. The number of nitrogen functional groups attached to an aromatic ring is 1. The Kier molecular flexibility index (Phi) is 5.86. The van der Waals surface area contributed by atoms with Gasteiger partial charge >= 0.3 is 0 Å². The maximum atomic E-state index is 5.71. The van der Waals surface area contributed by atoms with Crippen LogP contribution in [-0.2, 0) is 4.74 Å². The largest absolute Gasteiger partial charge is 0.424 e. The summed E-state index contributed by atoms with van der Waals surface area (Å²) in [6.45, 7) is 11.7. The molecule has 2 N–H and O–H groups in total. The van der Waals surface area contributed by atoms with Crippen LogP contribution in [0.15, 0.2) is 40.9 Å². The number of nitrogens with two attached hydrogens (primary N) is 1. The van der Waals surface area contributed by atoms with Crippen molar-refractivity contribution in [3.63, 3.8) is 0 Å². The van der Waals surface area contributed by atoms with Crippen LogP contribution >= 0.6 is 0 Å². The number of rotatable bonds is 3. The molecule has 0 spiro atoms. The Morgan fingerprint density at radius 2 is 1.76 bits per heavy atom. The number of fused-ring (bicyclic) bond motifs is 2. The van der Waals surface area contributed by atoms with Crippen molar-refractivity contribution in [1.29, 1.82) is 0 Å². The molecule has 0 unspecified atom stereocenters. The topological polar surface area (TPSA) is 93.5 Å². The number of aryl methyl sites for hydroxylation is 1. The van der Waals surface area contributed by atoms with Crippen molar-refractivity contribution in [3.05, 3.63) is 42.1 Å². The molecule has 4 aromatic rings. The SMILES string of the molecule is CC.Cc1cc2oc(N)nc2cc1-c1ccc2ncc(N3CC(N4CCOCC4)C3)nc2c1. The monoisotopic (exact) mass is 446 g/mol. The van der Waals surface area contributed by atoms with Gasteiger partial charge in [-0.2, -0.15) is 4.98 Å². The number of benzene rings is 2. The Morgan fingerprint density at radius 1 is 0.970 bits per heavy atom. The fourth-order valence-corrected chi connectivity index (χ4v) is 4.54. The molecule has 2 aliphatic heterocycles. The highest BCUT2D eigenvalue weighted by atomic mass is 16.5. The lowest BCUT2D eigenvalue weighted by Gasteiger charge is -2.47. The van der Waals surface area contributed by atoms with E-state index in [-0.39, 0.29) is 6.01 Å². The summed E-state index contributed by atoms with van der Waals surface area (Å²) in [4.78, 5) is 18.7. The number of ether oxygens (including phenoxy) is 1. The van der Waals surface area contributed by atoms with Gasteiger partial charge in [0.1, 0.15) is 11.3 Å². The highest BCUT2D eigenvalue weighted by Crippen LogP contribution is 2.31. The molecular formula is C25H30N6O2. The second kappa shape index (κ2) is 8.96. The average molecular weight is 447 g/mol. The van der Waals surface area contributed by atoms with E-state index in [1.165, 1.54) is 0 Å². The van der Waals surface area contributed by atoms with Crippen LogP contribution in [0, 0.1) is 6.92 Å². The van der Waals surface area contributed by atoms with E-state index in [1.54, 1.807) is 0 Å². The summed E-state index contributed by atoms with van der Waals surface area (Å²) in [6.07, 6.45) is 1.88. The summed E-state index contributed by atoms with van der Waals surface area (Å²) in [6, 6.07) is 11.0. The van der Waals surface area contributed by atoms with E-state index < -0.39 is 0 Å². The number of nitrogens with zero attached hydrogens (tertiary/aromatic N) is 5. The van der Waals surface area contributed by atoms with Crippen molar-refractivity contribution in [2.24, 2.45) is 0 Å². The van der Waals surface area contributed by atoms with Gasteiger partial charge in [-0.05, 0) is 47.9 Å². The molecule has 0 aliphatic carbocycles. The Labute approximate surface area is 193 Å². The molecule has 0 atom stereocenters. The van der Waals surface area contributed by atoms with Gasteiger partial charge in [0.2, 0.25) is 0 Å². The van der Waals surface area contributed by atoms with Crippen LogP contribution in [0.1, 0.15) is 19.4 Å². The summed E-state index contributed by atoms with van der Waals surface area (Å²) < 4.78 is 10.9. The van der Waals surface area contributed by atoms with Crippen LogP contribution in [-0.4, -0.2) is 65.3 Å². The van der Waals surface area contributed by atoms with Crippen molar-refractivity contribution in [2.45, 2.75) is 26.8 Å². The van der Waals surface area contributed by atoms with Crippen molar-refractivity contribution in [1.82, 2.24) is 19.9 Å². The van der Waals surface area contributed by atoms with Crippen molar-refractivity contribution >= 4 is 34.0 Å². The molecule has 2 saturated heterocycles. The Hall–Kier alpha value is -3.23. The van der Waals surface area contributed by atoms with Gasteiger partial charge in [0.15, 0.2) is 5.58 Å². The van der Waals surface area contributed by atoms with Crippen LogP contribution in [0.2, 0.25) is 0 Å². The lowest BCUT2D eigenvalue weighted by atomic mass is 9.99. The van der Waals surface area contributed by atoms with Gasteiger partial charge in [0.25, 0.3) is 6.01 Å². The third-order valence-electron chi connectivity index (χ3n) is 6.34. The number of hydrogen-bond acceptors (Lipinski definition) is 8. The zero-order chi connectivity index (χ0) is 22.9. The highest BCUT2D eigenvalue weighted by Gasteiger charge is 2.33. The molecule has 8 heteroatoms. The third-order valence-corrected chi connectivity index (χ3v) is 6.34. The van der Waals surface area contributed by atoms with Crippen molar-refractivity contribution in [3.8, 4) is 11.1 Å². The van der Waals surface area contributed by atoms with Gasteiger partial charge in [-0.15, -0.1) is 0 Å². The molecule has 8 nitrogen and oxygen atoms in total. The second-order valence-corrected chi connectivity index (χ2v) is 8.33. The normalized spacial score (nSPS) is 17.1. The third kappa shape index (κ3) is 4.12. The molecule has 0 saturated carbocycles. The van der Waals surface area contributed by atoms with E-state index in [4.69, 9.17) is 19.9 Å². The molecular weight excluding hydrogens is 416 g/mol. The molecule has 2 aromatic heterocycles. The summed E-state index contributed by atoms with van der Waals surface area (Å²) >= 11 is 0. The van der Waals surface area contributed by atoms with E-state index >= 15 is 0 Å². The number of morpholine rings is 1. The smallest absolute Gasteiger partial charge is 0.292 e. The van der Waals surface area contributed by atoms with Gasteiger partial charge in [-0.25, -0.2) is 4.98 Å². The summed E-state index contributed by atoms with van der Waals surface area (Å²) in [5.41, 5.74) is 12.2. The quantitative estimate of drug-likeness (QED) is 0.507. The van der Waals surface area contributed by atoms with Crippen LogP contribution in [0.5, 0.6) is 0 Å².